The maximum Gasteiger partial charge on any atom is 0.320 e. The average Bonchev–Trinajstić information content (AvgIpc) is 2.76. The minimum atomic E-state index is -0.938. The molecule has 0 fully saturated rings. The van der Waals surface area contributed by atoms with Gasteiger partial charge in [0.15, 0.2) is 0 Å². The molecule has 0 saturated heterocycles. The van der Waals surface area contributed by atoms with Gasteiger partial charge in [0.1, 0.15) is 0 Å². The summed E-state index contributed by atoms with van der Waals surface area (Å²) < 4.78 is 0. The molecule has 5 amide bonds. The fourth-order valence-corrected chi connectivity index (χ4v) is 5.29. The molecule has 0 aliphatic carbocycles. The van der Waals surface area contributed by atoms with Crippen LogP contribution in [0.3, 0.4) is 0 Å². The van der Waals surface area contributed by atoms with E-state index in [0.29, 0.717) is 10.4 Å². The molecule has 0 aliphatic rings. The van der Waals surface area contributed by atoms with Gasteiger partial charge in [-0.3, -0.25) is 10.1 Å². The molecule has 34 heavy (non-hydrogen) atoms. The molecule has 0 unspecified atom stereocenters. The number of nitrogens with two attached hydrogens (primary N) is 3. The smallest absolute Gasteiger partial charge is 0.320 e. The van der Waals surface area contributed by atoms with Crippen LogP contribution in [0.15, 0.2) is 42.5 Å². The van der Waals surface area contributed by atoms with Crippen LogP contribution >= 0.6 is 46.4 Å². The summed E-state index contributed by atoms with van der Waals surface area (Å²) in [5.41, 5.74) is 14.7. The molecule has 0 atom stereocenters. The van der Waals surface area contributed by atoms with Gasteiger partial charge in [-0.1, -0.05) is 82.8 Å². The number of urea groups is 2. The van der Waals surface area contributed by atoms with Gasteiger partial charge in [0.25, 0.3) is 0 Å². The van der Waals surface area contributed by atoms with Gasteiger partial charge in [0, 0.05) is 16.2 Å². The molecule has 0 heterocycles. The predicted molar refractivity (Wildman–Crippen MR) is 139 cm³/mol. The number of carbonyl (C=O) groups excluding carboxylic acids is 3. The summed E-state index contributed by atoms with van der Waals surface area (Å²) in [6.45, 7) is 0. The molecule has 0 aromatic heterocycles. The Bertz CT molecular complexity index is 1650. The van der Waals surface area contributed by atoms with Crippen LogP contribution in [0.2, 0.25) is 20.1 Å². The molecular formula is C23H14Cl4N4O3. The monoisotopic (exact) mass is 534 g/mol. The van der Waals surface area contributed by atoms with Gasteiger partial charge in [-0.2, -0.15) is 0 Å². The van der Waals surface area contributed by atoms with Crippen molar-refractivity contribution in [2.75, 3.05) is 0 Å². The van der Waals surface area contributed by atoms with Gasteiger partial charge >= 0.3 is 12.1 Å². The van der Waals surface area contributed by atoms with Crippen molar-refractivity contribution in [2.45, 2.75) is 0 Å². The Labute approximate surface area is 212 Å². The normalized spacial score (nSPS) is 11.1. The Morgan fingerprint density at radius 2 is 1.18 bits per heavy atom. The van der Waals surface area contributed by atoms with Crippen LogP contribution < -0.4 is 22.5 Å². The highest BCUT2D eigenvalue weighted by Gasteiger charge is 2.24. The second kappa shape index (κ2) is 8.85. The van der Waals surface area contributed by atoms with Crippen LogP contribution in [-0.4, -0.2) is 18.0 Å². The Morgan fingerprint density at radius 1 is 0.618 bits per heavy atom. The number of halogens is 4. The molecule has 0 radical (unpaired) electrons. The highest BCUT2D eigenvalue weighted by atomic mass is 35.5. The lowest BCUT2D eigenvalue weighted by atomic mass is 9.88. The van der Waals surface area contributed by atoms with Gasteiger partial charge in [-0.15, -0.1) is 0 Å². The molecule has 0 aliphatic heterocycles. The van der Waals surface area contributed by atoms with Gasteiger partial charge < -0.3 is 17.2 Å². The van der Waals surface area contributed by atoms with Crippen LogP contribution in [0, 0.1) is 0 Å². The number of amides is 5. The van der Waals surface area contributed by atoms with Crippen molar-refractivity contribution in [1.82, 2.24) is 5.32 Å². The van der Waals surface area contributed by atoms with E-state index >= 15 is 0 Å². The first kappa shape index (κ1) is 23.9. The average molecular weight is 536 g/mol. The Kier molecular flexibility index (Phi) is 6.22. The van der Waals surface area contributed by atoms with E-state index in [1.165, 1.54) is 0 Å². The third-order valence-electron chi connectivity index (χ3n) is 5.31. The van der Waals surface area contributed by atoms with E-state index < -0.39 is 18.0 Å². The van der Waals surface area contributed by atoms with Gasteiger partial charge in [0.2, 0.25) is 5.91 Å². The molecule has 5 aromatic carbocycles. The van der Waals surface area contributed by atoms with Crippen LogP contribution in [0.25, 0.3) is 43.1 Å². The highest BCUT2D eigenvalue weighted by molar-refractivity contribution is 6.57. The number of imide groups is 1. The van der Waals surface area contributed by atoms with Crippen LogP contribution in [0.5, 0.6) is 0 Å². The number of fused-ring (bicyclic) bond motifs is 2. The lowest BCUT2D eigenvalue weighted by Crippen LogP contribution is -2.38. The van der Waals surface area contributed by atoms with E-state index in [1.54, 1.807) is 11.4 Å². The number of carbonyl (C=O) groups is 3. The highest BCUT2D eigenvalue weighted by Crippen LogP contribution is 2.51. The van der Waals surface area contributed by atoms with E-state index in [4.69, 9.17) is 52.1 Å². The van der Waals surface area contributed by atoms with E-state index in [9.17, 15) is 14.4 Å². The molecule has 5 aromatic rings. The number of benzene rings is 5. The summed E-state index contributed by atoms with van der Waals surface area (Å²) in [5, 5.41) is 9.37. The maximum atomic E-state index is 12.0. The van der Waals surface area contributed by atoms with Crippen LogP contribution in [-0.2, 0) is 0 Å². The molecule has 5 rings (SSSR count). The van der Waals surface area contributed by atoms with Crippen molar-refractivity contribution in [2.24, 2.45) is 17.2 Å². The molecule has 0 spiro atoms. The van der Waals surface area contributed by atoms with Crippen molar-refractivity contribution in [1.29, 1.82) is 0 Å². The third kappa shape index (κ3) is 3.76. The quantitative estimate of drug-likeness (QED) is 0.115. The van der Waals surface area contributed by atoms with Crippen molar-refractivity contribution in [3.63, 3.8) is 0 Å². The molecule has 7 nitrogen and oxygen atoms in total. The van der Waals surface area contributed by atoms with Crippen molar-refractivity contribution >= 4 is 107 Å². The topological polar surface area (TPSA) is 141 Å². The fourth-order valence-electron chi connectivity index (χ4n) is 4.09. The largest absolute Gasteiger partial charge is 0.366 e. The standard InChI is InChI=1S/C21H9Cl4NO.C2H5N3O2/c22-17-12(21(26)27)7-11-9-5-1-3-8-4-2-6-10(13(8)9)15-14(11)16(17)19(24)20(25)18(15)23;3-1(6)5-2(4)7/h1-7H,(H2,26,27);(H5,3,4,5,6,7). The Balaban J connectivity index is 0.000000344. The molecule has 0 bridgehead atoms. The summed E-state index contributed by atoms with van der Waals surface area (Å²) in [6, 6.07) is 11.8. The number of rotatable bonds is 1. The summed E-state index contributed by atoms with van der Waals surface area (Å²) in [4.78, 5) is 31.3. The summed E-state index contributed by atoms with van der Waals surface area (Å²) in [6.07, 6.45) is 0. The van der Waals surface area contributed by atoms with Crippen molar-refractivity contribution in [3.8, 4) is 0 Å². The molecule has 7 N–H and O–H groups in total. The summed E-state index contributed by atoms with van der Waals surface area (Å²) in [7, 11) is 0. The Hall–Kier alpha value is -3.23. The van der Waals surface area contributed by atoms with E-state index in [-0.39, 0.29) is 20.6 Å². The maximum absolute atomic E-state index is 12.0. The predicted octanol–water partition coefficient (Wildman–Crippen LogP) is 6.18. The minimum Gasteiger partial charge on any atom is -0.366 e. The first-order valence-electron chi connectivity index (χ1n) is 9.55. The van der Waals surface area contributed by atoms with Gasteiger partial charge in [-0.05, 0) is 33.0 Å². The molecular weight excluding hydrogens is 522 g/mol. The van der Waals surface area contributed by atoms with Crippen LogP contribution in [0.4, 0.5) is 9.59 Å². The number of hydrogen-bond donors (Lipinski definition) is 4. The van der Waals surface area contributed by atoms with Gasteiger partial charge in [-0.25, -0.2) is 9.59 Å². The minimum absolute atomic E-state index is 0.178. The zero-order chi connectivity index (χ0) is 24.9. The number of hydrogen-bond acceptors (Lipinski definition) is 3. The second-order valence-electron chi connectivity index (χ2n) is 7.28. The lowest BCUT2D eigenvalue weighted by Gasteiger charge is -2.19. The number of primary amides is 3. The van der Waals surface area contributed by atoms with Crippen molar-refractivity contribution in [3.05, 3.63) is 68.1 Å². The third-order valence-corrected chi connectivity index (χ3v) is 7.03. The zero-order valence-corrected chi connectivity index (χ0v) is 20.0. The molecule has 11 heteroatoms. The Morgan fingerprint density at radius 3 is 1.71 bits per heavy atom. The zero-order valence-electron chi connectivity index (χ0n) is 17.0. The van der Waals surface area contributed by atoms with E-state index in [0.717, 1.165) is 37.7 Å². The number of nitrogens with one attached hydrogen (secondary N) is 1. The molecule has 0 saturated carbocycles. The summed E-state index contributed by atoms with van der Waals surface area (Å²) in [5.74, 6) is -0.632. The SMILES string of the molecule is NC(=O)NC(N)=O.NC(=O)c1cc2c3cccc4cccc(c5c(Cl)c(Cl)c(Cl)c(c1Cl)c25)c43. The van der Waals surface area contributed by atoms with Crippen LogP contribution in [0.1, 0.15) is 10.4 Å². The fraction of sp³-hybridized carbons (Fsp3) is 0. The first-order valence-corrected chi connectivity index (χ1v) is 11.1. The lowest BCUT2D eigenvalue weighted by molar-refractivity contribution is 0.100. The van der Waals surface area contributed by atoms with E-state index in [1.807, 2.05) is 36.4 Å². The molecule has 172 valence electrons. The first-order chi connectivity index (χ1) is 16.0. The van der Waals surface area contributed by atoms with Crippen molar-refractivity contribution < 1.29 is 14.4 Å². The second-order valence-corrected chi connectivity index (χ2v) is 8.79. The summed E-state index contributed by atoms with van der Waals surface area (Å²) >= 11 is 26.1. The van der Waals surface area contributed by atoms with Gasteiger partial charge in [0.05, 0.1) is 25.7 Å². The van der Waals surface area contributed by atoms with E-state index in [2.05, 4.69) is 11.5 Å².